The Kier molecular flexibility index (Phi) is 36.6. The van der Waals surface area contributed by atoms with Crippen molar-refractivity contribution in [3.63, 3.8) is 0 Å². The van der Waals surface area contributed by atoms with E-state index in [-0.39, 0.29) is 39.3 Å². The van der Waals surface area contributed by atoms with Crippen molar-refractivity contribution < 1.29 is 86.3 Å². The summed E-state index contributed by atoms with van der Waals surface area (Å²) in [5, 5.41) is 69.4. The first kappa shape index (κ1) is 98.3. The lowest BCUT2D eigenvalue weighted by Gasteiger charge is -2.32. The molecule has 0 amide bonds. The second-order valence-electron chi connectivity index (χ2n) is 33.2. The van der Waals surface area contributed by atoms with Gasteiger partial charge in [-0.1, -0.05) is 12.1 Å². The van der Waals surface area contributed by atoms with Crippen molar-refractivity contribution in [3.8, 4) is 17.8 Å². The summed E-state index contributed by atoms with van der Waals surface area (Å²) in [6.45, 7) is 48.6. The summed E-state index contributed by atoms with van der Waals surface area (Å²) in [5.41, 5.74) is 2.18. The molecule has 0 spiro atoms. The number of hydrogen-bond donors (Lipinski definition) is 7. The van der Waals surface area contributed by atoms with Crippen molar-refractivity contribution >= 4 is 100 Å². The highest BCUT2D eigenvalue weighted by Crippen LogP contribution is 2.39. The van der Waals surface area contributed by atoms with Crippen LogP contribution in [0.25, 0.3) is 0 Å². The van der Waals surface area contributed by atoms with Crippen molar-refractivity contribution in [2.75, 3.05) is 130 Å². The van der Waals surface area contributed by atoms with Crippen LogP contribution in [0.5, 0.6) is 11.8 Å². The molecule has 6 aliphatic heterocycles. The maximum Gasteiger partial charge on any atom is 0.516 e. The van der Waals surface area contributed by atoms with Crippen LogP contribution in [0.3, 0.4) is 0 Å². The first-order chi connectivity index (χ1) is 55.9. The van der Waals surface area contributed by atoms with Crippen LogP contribution in [0, 0.1) is 18.3 Å². The Morgan fingerprint density at radius 2 is 0.882 bits per heavy atom. The Balaban J connectivity index is 0.000000192. The molecule has 0 radical (unpaired) electrons. The van der Waals surface area contributed by atoms with Crippen molar-refractivity contribution in [2.24, 2.45) is 0 Å². The molecule has 119 heavy (non-hydrogen) atoms. The first-order valence-corrected chi connectivity index (χ1v) is 39.9. The van der Waals surface area contributed by atoms with Crippen LogP contribution in [0.2, 0.25) is 0 Å². The number of morpholine rings is 2. The van der Waals surface area contributed by atoms with E-state index in [1.165, 1.54) is 31.0 Å². The molecule has 0 bridgehead atoms. The van der Waals surface area contributed by atoms with Gasteiger partial charge in [-0.3, -0.25) is 39.4 Å². The van der Waals surface area contributed by atoms with Gasteiger partial charge in [0.15, 0.2) is 5.69 Å². The van der Waals surface area contributed by atoms with Crippen molar-refractivity contribution in [1.82, 2.24) is 74.3 Å². The van der Waals surface area contributed by atoms with Crippen molar-refractivity contribution in [1.29, 1.82) is 5.26 Å². The zero-order chi connectivity index (χ0) is 87.7. The number of pyridine rings is 2. The Bertz CT molecular complexity index is 4110. The van der Waals surface area contributed by atoms with Crippen molar-refractivity contribution in [2.45, 2.75) is 182 Å². The van der Waals surface area contributed by atoms with Gasteiger partial charge in [-0.25, -0.2) is 24.9 Å². The largest absolute Gasteiger partial charge is 0.516 e. The predicted molar refractivity (Wildman–Crippen MR) is 458 cm³/mol. The standard InChI is InChI=1S/C12H20BN3O2.C12H19BN2O3.C11H18BN3O3.C11H14BN3O2.C11H17BN2O2.C10H17BN2O3.C9H16BN3O3/c1-11(2)12(3,4)18-13(17-11)9-7-15-10(8-14-9)16(5)6;1-6-16-10-8-14-9(7-15-10)13-17-11(2,3)12(4,5)18-13;16-12(17)10-1-2-11(14-9-10)13-3-4-15-5-7-18-8-6-15;1-10(2)11(3,4)17-12(16-10)9-7-14-8(5-13)6-15-9;1-8-6-14-9(7-13-8)12-15-10(2,3)11(4,5)16-12;1-13(2)6-3-7-16-10-5-4-9(8-12-10)11(14)15;14-10(15)9-7-11-13(8-9)2-1-12-3-5-16-6-4-12/h7-8H,1-6H3;7-8H,6H2,1-5H3;1-2,9,16-17H,3-8H2,(H,13,14);6-7H,1-4H3;6-7H,1-5H3;4-5,8,14-15H,3,6-7H2,1-2H3;7-8,14-15H,1-6H2. The first-order valence-electron chi connectivity index (χ1n) is 39.9. The van der Waals surface area contributed by atoms with E-state index in [0.717, 1.165) is 115 Å². The summed E-state index contributed by atoms with van der Waals surface area (Å²) in [4.78, 5) is 50.4. The van der Waals surface area contributed by atoms with Gasteiger partial charge < -0.3 is 101 Å². The molecule has 0 saturated carbocycles. The minimum Gasteiger partial charge on any atom is -0.478 e. The van der Waals surface area contributed by atoms with E-state index in [9.17, 15) is 0 Å². The van der Waals surface area contributed by atoms with Gasteiger partial charge in [-0.2, -0.15) is 10.4 Å². The van der Waals surface area contributed by atoms with Crippen LogP contribution in [-0.4, -0.2) is 319 Å². The molecule has 43 heteroatoms. The summed E-state index contributed by atoms with van der Waals surface area (Å²) in [7, 11) is 1.64. The minimum atomic E-state index is -1.48. The summed E-state index contributed by atoms with van der Waals surface area (Å²) in [6.07, 6.45) is 19.9. The lowest BCUT2D eigenvalue weighted by Crippen LogP contribution is -2.41. The van der Waals surface area contributed by atoms with E-state index in [2.05, 4.69) is 75.0 Å². The van der Waals surface area contributed by atoms with Crippen LogP contribution in [0.1, 0.15) is 136 Å². The highest BCUT2D eigenvalue weighted by atomic mass is 16.7. The van der Waals surface area contributed by atoms with E-state index in [1.54, 1.807) is 72.3 Å². The molecule has 7 aromatic rings. The van der Waals surface area contributed by atoms with Gasteiger partial charge in [0.2, 0.25) is 11.8 Å². The minimum absolute atomic E-state index is 0.283. The smallest absolute Gasteiger partial charge is 0.478 e. The molecule has 7 aromatic heterocycles. The zero-order valence-corrected chi connectivity index (χ0v) is 73.3. The van der Waals surface area contributed by atoms with Gasteiger partial charge in [0.1, 0.15) is 17.7 Å². The number of nitrogens with zero attached hydrogens (tertiary/aromatic N) is 17. The third kappa shape index (κ3) is 29.8. The number of nitriles is 1. The molecule has 0 aliphatic carbocycles. The zero-order valence-electron chi connectivity index (χ0n) is 73.3. The number of anilines is 2. The average Bonchev–Trinajstić information content (AvgIpc) is 1.65. The van der Waals surface area contributed by atoms with E-state index < -0.39 is 61.0 Å². The van der Waals surface area contributed by atoms with E-state index >= 15 is 0 Å². The van der Waals surface area contributed by atoms with E-state index in [1.807, 2.05) is 164 Å². The Labute approximate surface area is 703 Å². The highest BCUT2D eigenvalue weighted by molar-refractivity contribution is 6.62. The molecule has 6 fully saturated rings. The predicted octanol–water partition coefficient (Wildman–Crippen LogP) is -0.760. The number of aromatic nitrogens is 12. The molecule has 36 nitrogen and oxygen atoms in total. The van der Waals surface area contributed by atoms with Crippen LogP contribution in [0.4, 0.5) is 11.6 Å². The van der Waals surface area contributed by atoms with Gasteiger partial charge in [0.05, 0.1) is 138 Å². The molecule has 6 saturated heterocycles. The number of hydrogen-bond acceptors (Lipinski definition) is 35. The highest BCUT2D eigenvalue weighted by Gasteiger charge is 2.56. The summed E-state index contributed by atoms with van der Waals surface area (Å²) in [6, 6.07) is 8.53. The Morgan fingerprint density at radius 3 is 1.24 bits per heavy atom. The molecule has 7 N–H and O–H groups in total. The SMILES string of the molecule is CC1(C)OB(c2cnc(C#N)cn2)OC1(C)C.CCOc1cnc(B2OC(C)(C)C(C)(C)O2)cn1.CN(C)CCCOc1ccc(B(O)O)cn1.CN(C)c1cnc(B2OC(C)(C)C(C)(C)O2)cn1.Cc1cnc(B2OC(C)(C)C(C)(C)O2)cn1.OB(O)c1ccc(NCCN2CCOCC2)nc1.OB(O)c1cnn(CCN2CCOCC2)c1. The van der Waals surface area contributed by atoms with Crippen LogP contribution in [-0.2, 0) is 53.3 Å². The summed E-state index contributed by atoms with van der Waals surface area (Å²) in [5.74, 6) is 2.57. The van der Waals surface area contributed by atoms with Crippen LogP contribution < -0.4 is 58.5 Å². The summed E-state index contributed by atoms with van der Waals surface area (Å²) < 4.78 is 69.9. The van der Waals surface area contributed by atoms with Gasteiger partial charge in [0.25, 0.3) is 0 Å². The fraction of sp³-hybridized carbons (Fsp3) is 0.605. The normalized spacial score (nSPS) is 18.7. The third-order valence-electron chi connectivity index (χ3n) is 21.3. The molecule has 13 heterocycles. The molecule has 6 aliphatic rings. The van der Waals surface area contributed by atoms with Gasteiger partial charge in [-0.15, -0.1) is 0 Å². The van der Waals surface area contributed by atoms with E-state index in [0.29, 0.717) is 58.1 Å². The second kappa shape index (κ2) is 44.3. The van der Waals surface area contributed by atoms with Gasteiger partial charge in [0, 0.05) is 139 Å². The Morgan fingerprint density at radius 1 is 0.462 bits per heavy atom. The van der Waals surface area contributed by atoms with E-state index in [4.69, 9.17) is 91.6 Å². The monoisotopic (exact) mass is 1650 g/mol. The fourth-order valence-corrected chi connectivity index (χ4v) is 11.0. The Hall–Kier alpha value is -7.79. The van der Waals surface area contributed by atoms with Gasteiger partial charge in [-0.05, 0) is 157 Å². The molecule has 644 valence electrons. The molecule has 0 aromatic carbocycles. The third-order valence-corrected chi connectivity index (χ3v) is 21.3. The van der Waals surface area contributed by atoms with Gasteiger partial charge >= 0.3 is 49.8 Å². The molecule has 0 atom stereocenters. The second-order valence-corrected chi connectivity index (χ2v) is 33.2. The molecular weight excluding hydrogens is 1530 g/mol. The number of aryl methyl sites for hydroxylation is 1. The summed E-state index contributed by atoms with van der Waals surface area (Å²) >= 11 is 0. The average molecular weight is 1650 g/mol. The lowest BCUT2D eigenvalue weighted by molar-refractivity contribution is 0.00578. The number of rotatable bonds is 22. The molecule has 0 unspecified atom stereocenters. The maximum absolute atomic E-state index is 8.94. The lowest BCUT2D eigenvalue weighted by atomic mass is 9.82. The molecule has 13 rings (SSSR count). The van der Waals surface area contributed by atoms with Crippen LogP contribution in [0.15, 0.2) is 98.6 Å². The number of nitrogens with one attached hydrogen (secondary N) is 1. The maximum atomic E-state index is 8.94. The molecular formula is C76H121B7N18O18. The number of ether oxygens (including phenoxy) is 4. The van der Waals surface area contributed by atoms with Crippen LogP contribution >= 0.6 is 0 Å². The quantitative estimate of drug-likeness (QED) is 0.0324. The topological polar surface area (TPSA) is 428 Å². The fourth-order valence-electron chi connectivity index (χ4n) is 11.0. The van der Waals surface area contributed by atoms with Crippen molar-refractivity contribution in [3.05, 3.63) is 110 Å².